The molecule has 170 valence electrons. The zero-order valence-corrected chi connectivity index (χ0v) is 20.1. The first-order chi connectivity index (χ1) is 13.1. The van der Waals surface area contributed by atoms with Gasteiger partial charge in [0.05, 0.1) is 6.10 Å². The second-order valence-corrected chi connectivity index (χ2v) is 11.4. The molecule has 0 aromatic carbocycles. The fourth-order valence-electron chi connectivity index (χ4n) is 4.87. The Hall–Kier alpha value is -0.650. The lowest BCUT2D eigenvalue weighted by Gasteiger charge is -2.39. The molecule has 0 aromatic rings. The molecular formula is C24H44O5. The lowest BCUT2D eigenvalue weighted by Crippen LogP contribution is -2.41. The molecule has 0 radical (unpaired) electrons. The average molecular weight is 413 g/mol. The minimum Gasteiger partial charge on any atom is -0.460 e. The molecule has 0 spiro atoms. The van der Waals surface area contributed by atoms with Crippen LogP contribution in [0.25, 0.3) is 0 Å². The van der Waals surface area contributed by atoms with Crippen molar-refractivity contribution in [3.05, 3.63) is 0 Å². The lowest BCUT2D eigenvalue weighted by molar-refractivity contribution is -0.278. The largest absolute Gasteiger partial charge is 0.460 e. The molecule has 0 aromatic heterocycles. The lowest BCUT2D eigenvalue weighted by atomic mass is 9.72. The van der Waals surface area contributed by atoms with Gasteiger partial charge >= 0.3 is 5.97 Å². The highest BCUT2D eigenvalue weighted by molar-refractivity contribution is 5.69. The van der Waals surface area contributed by atoms with Gasteiger partial charge in [0, 0.05) is 17.8 Å². The number of carbonyl (C=O) groups is 1. The van der Waals surface area contributed by atoms with Gasteiger partial charge < -0.3 is 19.3 Å². The van der Waals surface area contributed by atoms with Crippen LogP contribution in [0.3, 0.4) is 0 Å². The Balaban J connectivity index is 2.14. The van der Waals surface area contributed by atoms with E-state index in [-0.39, 0.29) is 18.0 Å². The number of esters is 1. The summed E-state index contributed by atoms with van der Waals surface area (Å²) in [7, 11) is 0. The molecule has 6 atom stereocenters. The zero-order chi connectivity index (χ0) is 22.2. The maximum atomic E-state index is 12.3. The van der Waals surface area contributed by atoms with Crippen molar-refractivity contribution < 1.29 is 24.1 Å². The third kappa shape index (κ3) is 5.95. The van der Waals surface area contributed by atoms with E-state index in [9.17, 15) is 9.90 Å². The third-order valence-corrected chi connectivity index (χ3v) is 7.15. The highest BCUT2D eigenvalue weighted by Crippen LogP contribution is 2.52. The van der Waals surface area contributed by atoms with E-state index in [1.807, 2.05) is 34.6 Å². The van der Waals surface area contributed by atoms with Gasteiger partial charge in [-0.25, -0.2) is 0 Å². The Kier molecular flexibility index (Phi) is 7.50. The molecule has 0 bridgehead atoms. The van der Waals surface area contributed by atoms with E-state index in [1.54, 1.807) is 6.92 Å². The highest BCUT2D eigenvalue weighted by Gasteiger charge is 2.58. The molecule has 5 nitrogen and oxygen atoms in total. The topological polar surface area (TPSA) is 65.0 Å². The normalized spacial score (nSPS) is 37.7. The zero-order valence-electron chi connectivity index (χ0n) is 20.1. The summed E-state index contributed by atoms with van der Waals surface area (Å²) in [5, 5.41) is 11.0. The number of rotatable bonds is 6. The Morgan fingerprint density at radius 1 is 1.21 bits per heavy atom. The van der Waals surface area contributed by atoms with Gasteiger partial charge in [0.2, 0.25) is 0 Å². The van der Waals surface area contributed by atoms with Crippen LogP contribution in [0.2, 0.25) is 0 Å². The summed E-state index contributed by atoms with van der Waals surface area (Å²) in [4.78, 5) is 12.3. The summed E-state index contributed by atoms with van der Waals surface area (Å²) in [6.45, 7) is 18.1. The number of ether oxygens (including phenoxy) is 3. The molecule has 2 fully saturated rings. The number of hydrogen-bond donors (Lipinski definition) is 1. The Morgan fingerprint density at radius 3 is 2.38 bits per heavy atom. The van der Waals surface area contributed by atoms with Crippen molar-refractivity contribution in [3.8, 4) is 0 Å². The molecule has 0 amide bonds. The van der Waals surface area contributed by atoms with Crippen molar-refractivity contribution in [2.75, 3.05) is 0 Å². The summed E-state index contributed by atoms with van der Waals surface area (Å²) in [5.41, 5.74) is -1.03. The second-order valence-electron chi connectivity index (χ2n) is 11.4. The number of aliphatic hydroxyl groups is 1. The van der Waals surface area contributed by atoms with Gasteiger partial charge in [-0.1, -0.05) is 41.0 Å². The van der Waals surface area contributed by atoms with Gasteiger partial charge in [0.25, 0.3) is 0 Å². The van der Waals surface area contributed by atoms with Crippen LogP contribution in [0.5, 0.6) is 0 Å². The van der Waals surface area contributed by atoms with Gasteiger partial charge in [-0.15, -0.1) is 0 Å². The van der Waals surface area contributed by atoms with Crippen molar-refractivity contribution in [3.63, 3.8) is 0 Å². The molecule has 1 N–H and O–H groups in total. The maximum Gasteiger partial charge on any atom is 0.306 e. The third-order valence-electron chi connectivity index (χ3n) is 7.15. The smallest absolute Gasteiger partial charge is 0.306 e. The van der Waals surface area contributed by atoms with E-state index in [0.717, 1.165) is 6.42 Å². The molecule has 2 rings (SSSR count). The summed E-state index contributed by atoms with van der Waals surface area (Å²) in [6, 6.07) is 0. The molecule has 1 aliphatic heterocycles. The highest BCUT2D eigenvalue weighted by atomic mass is 16.7. The minimum absolute atomic E-state index is 0.0879. The van der Waals surface area contributed by atoms with Crippen LogP contribution in [-0.4, -0.2) is 34.9 Å². The van der Waals surface area contributed by atoms with Crippen molar-refractivity contribution in [1.82, 2.24) is 0 Å². The molecule has 1 saturated carbocycles. The van der Waals surface area contributed by atoms with Gasteiger partial charge in [0.1, 0.15) is 5.60 Å². The summed E-state index contributed by atoms with van der Waals surface area (Å²) >= 11 is 0. The van der Waals surface area contributed by atoms with Crippen LogP contribution >= 0.6 is 0 Å². The van der Waals surface area contributed by atoms with Crippen molar-refractivity contribution >= 4 is 5.97 Å². The predicted molar refractivity (Wildman–Crippen MR) is 114 cm³/mol. The molecule has 29 heavy (non-hydrogen) atoms. The minimum atomic E-state index is -1.30. The van der Waals surface area contributed by atoms with Crippen LogP contribution in [0.1, 0.15) is 94.4 Å². The van der Waals surface area contributed by atoms with Crippen molar-refractivity contribution in [2.45, 2.75) is 118 Å². The SMILES string of the molecule is CC(C)[C@H]1CC[C@H](C)C[C@@H]1O[C@H]1OC(C)(O)C(C)(C)[C@@H]1CCC(=O)OC(C)(C)C. The van der Waals surface area contributed by atoms with Crippen LogP contribution < -0.4 is 0 Å². The first kappa shape index (κ1) is 24.6. The van der Waals surface area contributed by atoms with E-state index < -0.39 is 23.1 Å². The summed E-state index contributed by atoms with van der Waals surface area (Å²) in [6.07, 6.45) is 3.88. The molecule has 1 unspecified atom stereocenters. The fourth-order valence-corrected chi connectivity index (χ4v) is 4.87. The first-order valence-corrected chi connectivity index (χ1v) is 11.4. The van der Waals surface area contributed by atoms with E-state index in [1.165, 1.54) is 12.8 Å². The van der Waals surface area contributed by atoms with Crippen molar-refractivity contribution in [1.29, 1.82) is 0 Å². The van der Waals surface area contributed by atoms with Crippen LogP contribution in [0.4, 0.5) is 0 Å². The summed E-state index contributed by atoms with van der Waals surface area (Å²) < 4.78 is 18.1. The fraction of sp³-hybridized carbons (Fsp3) is 0.958. The monoisotopic (exact) mass is 412 g/mol. The van der Waals surface area contributed by atoms with Gasteiger partial charge in [-0.05, 0) is 64.7 Å². The summed E-state index contributed by atoms with van der Waals surface area (Å²) in [5.74, 6) is 0.0619. The number of hydrogen-bond acceptors (Lipinski definition) is 5. The van der Waals surface area contributed by atoms with Crippen LogP contribution in [0, 0.1) is 29.1 Å². The Labute approximate surface area is 177 Å². The van der Waals surface area contributed by atoms with Gasteiger partial charge in [0.15, 0.2) is 12.1 Å². The number of carbonyl (C=O) groups excluding carboxylic acids is 1. The standard InChI is InChI=1S/C24H44O5/c1-15(2)17-11-10-16(3)14-19(17)27-21-18(23(7,8)24(9,26)29-21)12-13-20(25)28-22(4,5)6/h15-19,21,26H,10-14H2,1-9H3/t16-,17+,18+,19-,21-,24?/m0/s1. The predicted octanol–water partition coefficient (Wildman–Crippen LogP) is 5.29. The van der Waals surface area contributed by atoms with Crippen molar-refractivity contribution in [2.24, 2.45) is 29.1 Å². The molecule has 5 heteroatoms. The molecule has 1 heterocycles. The Morgan fingerprint density at radius 2 is 1.83 bits per heavy atom. The van der Waals surface area contributed by atoms with E-state index in [4.69, 9.17) is 14.2 Å². The van der Waals surface area contributed by atoms with Gasteiger partial charge in [-0.2, -0.15) is 0 Å². The van der Waals surface area contributed by atoms with Gasteiger partial charge in [-0.3, -0.25) is 4.79 Å². The van der Waals surface area contributed by atoms with E-state index in [0.29, 0.717) is 30.6 Å². The maximum absolute atomic E-state index is 12.3. The second kappa shape index (κ2) is 8.84. The molecule has 1 aliphatic carbocycles. The molecule has 2 aliphatic rings. The average Bonchev–Trinajstić information content (AvgIpc) is 2.68. The Bertz CT molecular complexity index is 560. The molecular weight excluding hydrogens is 368 g/mol. The van der Waals surface area contributed by atoms with Crippen LogP contribution in [0.15, 0.2) is 0 Å². The van der Waals surface area contributed by atoms with E-state index in [2.05, 4.69) is 20.8 Å². The first-order valence-electron chi connectivity index (χ1n) is 11.4. The quantitative estimate of drug-likeness (QED) is 0.600. The molecule has 1 saturated heterocycles. The van der Waals surface area contributed by atoms with E-state index >= 15 is 0 Å². The van der Waals surface area contributed by atoms with Crippen LogP contribution in [-0.2, 0) is 19.0 Å².